The maximum atomic E-state index is 5.53. The second-order valence-electron chi connectivity index (χ2n) is 6.00. The maximum Gasteiger partial charge on any atom is 0.0516 e. The number of benzene rings is 1. The smallest absolute Gasteiger partial charge is 0.0516 e. The molecule has 1 heteroatoms. The summed E-state index contributed by atoms with van der Waals surface area (Å²) in [6.45, 7) is 10.5. The quantitative estimate of drug-likeness (QED) is 0.602. The Balaban J connectivity index is 2.22. The minimum absolute atomic E-state index is 0.322. The van der Waals surface area contributed by atoms with Crippen molar-refractivity contribution >= 4 is 0 Å². The molecule has 0 bridgehead atoms. The highest BCUT2D eigenvalue weighted by molar-refractivity contribution is 5.22. The zero-order valence-electron chi connectivity index (χ0n) is 12.5. The van der Waals surface area contributed by atoms with Crippen LogP contribution in [0, 0.1) is 12.3 Å². The van der Waals surface area contributed by atoms with E-state index in [1.54, 1.807) is 0 Å². The van der Waals surface area contributed by atoms with Gasteiger partial charge in [-0.3, -0.25) is 0 Å². The summed E-state index contributed by atoms with van der Waals surface area (Å²) in [6, 6.07) is 8.85. The minimum Gasteiger partial charge on any atom is -0.381 e. The first-order valence-electron chi connectivity index (χ1n) is 7.17. The van der Waals surface area contributed by atoms with E-state index >= 15 is 0 Å². The van der Waals surface area contributed by atoms with E-state index in [-0.39, 0.29) is 0 Å². The summed E-state index contributed by atoms with van der Waals surface area (Å²) in [5.41, 5.74) is 3.16. The van der Waals surface area contributed by atoms with E-state index in [1.807, 2.05) is 0 Å². The number of unbranched alkanes of at least 4 members (excludes halogenated alkanes) is 1. The largest absolute Gasteiger partial charge is 0.381 e. The number of rotatable bonds is 8. The van der Waals surface area contributed by atoms with E-state index in [0.29, 0.717) is 5.41 Å². The van der Waals surface area contributed by atoms with Gasteiger partial charge >= 0.3 is 0 Å². The zero-order chi connectivity index (χ0) is 13.4. The lowest BCUT2D eigenvalue weighted by Gasteiger charge is -2.24. The molecule has 0 aromatic heterocycles. The molecule has 18 heavy (non-hydrogen) atoms. The van der Waals surface area contributed by atoms with Gasteiger partial charge in [-0.2, -0.15) is 0 Å². The van der Waals surface area contributed by atoms with Gasteiger partial charge in [0.15, 0.2) is 0 Å². The highest BCUT2D eigenvalue weighted by atomic mass is 16.5. The molecule has 1 aromatic carbocycles. The summed E-state index contributed by atoms with van der Waals surface area (Å²) in [6.07, 6.45) is 5.01. The van der Waals surface area contributed by atoms with Crippen LogP contribution in [0.4, 0.5) is 0 Å². The van der Waals surface area contributed by atoms with Crippen LogP contribution in [-0.2, 0) is 11.2 Å². The fourth-order valence-corrected chi connectivity index (χ4v) is 2.25. The van der Waals surface area contributed by atoms with Gasteiger partial charge in [-0.1, -0.05) is 50.1 Å². The fourth-order valence-electron chi connectivity index (χ4n) is 2.25. The fraction of sp³-hybridized carbons (Fsp3) is 0.647. The van der Waals surface area contributed by atoms with E-state index in [1.165, 1.54) is 36.8 Å². The molecule has 0 aliphatic rings. The van der Waals surface area contributed by atoms with E-state index < -0.39 is 0 Å². The summed E-state index contributed by atoms with van der Waals surface area (Å²) < 4.78 is 5.53. The van der Waals surface area contributed by atoms with Gasteiger partial charge in [0.25, 0.3) is 0 Å². The molecule has 0 unspecified atom stereocenters. The van der Waals surface area contributed by atoms with Crippen molar-refractivity contribution in [2.45, 2.75) is 53.4 Å². The first-order chi connectivity index (χ1) is 8.53. The van der Waals surface area contributed by atoms with Crippen LogP contribution in [0.5, 0.6) is 0 Å². The van der Waals surface area contributed by atoms with Crippen LogP contribution in [0.2, 0.25) is 0 Å². The first kappa shape index (κ1) is 15.2. The van der Waals surface area contributed by atoms with Crippen LogP contribution in [0.1, 0.15) is 51.2 Å². The molecule has 0 radical (unpaired) electrons. The Hall–Kier alpha value is -0.820. The molecule has 0 saturated carbocycles. The Bertz CT molecular complexity index is 341. The average Bonchev–Trinajstić information content (AvgIpc) is 2.32. The number of ether oxygens (including phenoxy) is 1. The molecular formula is C17H28O. The van der Waals surface area contributed by atoms with Gasteiger partial charge in [0.2, 0.25) is 0 Å². The van der Waals surface area contributed by atoms with Gasteiger partial charge in [-0.05, 0) is 44.1 Å². The topological polar surface area (TPSA) is 9.23 Å². The van der Waals surface area contributed by atoms with Gasteiger partial charge in [-0.15, -0.1) is 0 Å². The molecule has 102 valence electrons. The third-order valence-corrected chi connectivity index (χ3v) is 3.35. The molecule has 1 rings (SSSR count). The molecule has 0 aliphatic carbocycles. The summed E-state index contributed by atoms with van der Waals surface area (Å²) in [7, 11) is 0. The van der Waals surface area contributed by atoms with Crippen molar-refractivity contribution in [2.24, 2.45) is 5.41 Å². The van der Waals surface area contributed by atoms with Crippen molar-refractivity contribution in [3.63, 3.8) is 0 Å². The summed E-state index contributed by atoms with van der Waals surface area (Å²) in [5.74, 6) is 0. The molecule has 0 amide bonds. The van der Waals surface area contributed by atoms with Gasteiger partial charge in [-0.25, -0.2) is 0 Å². The Morgan fingerprint density at radius 2 is 1.94 bits per heavy atom. The molecule has 1 nitrogen and oxygen atoms in total. The number of hydrogen-bond acceptors (Lipinski definition) is 1. The molecule has 0 spiro atoms. The van der Waals surface area contributed by atoms with Crippen LogP contribution < -0.4 is 0 Å². The Labute approximate surface area is 113 Å². The SMILES string of the molecule is CCOCC(C)(C)CCCCc1cccc(C)c1. The Kier molecular flexibility index (Phi) is 6.42. The van der Waals surface area contributed by atoms with Crippen molar-refractivity contribution in [3.8, 4) is 0 Å². The molecule has 0 heterocycles. The third-order valence-electron chi connectivity index (χ3n) is 3.35. The van der Waals surface area contributed by atoms with Crippen LogP contribution >= 0.6 is 0 Å². The predicted molar refractivity (Wildman–Crippen MR) is 79.0 cm³/mol. The molecule has 0 aliphatic heterocycles. The summed E-state index contributed by atoms with van der Waals surface area (Å²) in [4.78, 5) is 0. The van der Waals surface area contributed by atoms with Crippen molar-refractivity contribution in [1.29, 1.82) is 0 Å². The molecular weight excluding hydrogens is 220 g/mol. The number of aryl methyl sites for hydroxylation is 2. The van der Waals surface area contributed by atoms with Crippen LogP contribution in [0.25, 0.3) is 0 Å². The second kappa shape index (κ2) is 7.58. The standard InChI is InChI=1S/C17H28O/c1-5-18-14-17(3,4)12-7-6-10-16-11-8-9-15(2)13-16/h8-9,11,13H,5-7,10,12,14H2,1-4H3. The highest BCUT2D eigenvalue weighted by Gasteiger charge is 2.17. The van der Waals surface area contributed by atoms with Gasteiger partial charge in [0, 0.05) is 6.61 Å². The van der Waals surface area contributed by atoms with Crippen LogP contribution in [0.3, 0.4) is 0 Å². The number of hydrogen-bond donors (Lipinski definition) is 0. The van der Waals surface area contributed by atoms with Crippen molar-refractivity contribution in [3.05, 3.63) is 35.4 Å². The highest BCUT2D eigenvalue weighted by Crippen LogP contribution is 2.24. The average molecular weight is 248 g/mol. The molecule has 0 fully saturated rings. The monoisotopic (exact) mass is 248 g/mol. The first-order valence-corrected chi connectivity index (χ1v) is 7.17. The maximum absolute atomic E-state index is 5.53. The van der Waals surface area contributed by atoms with Crippen LogP contribution in [-0.4, -0.2) is 13.2 Å². The van der Waals surface area contributed by atoms with Crippen molar-refractivity contribution < 1.29 is 4.74 Å². The lowest BCUT2D eigenvalue weighted by Crippen LogP contribution is -2.19. The predicted octanol–water partition coefficient (Wildman–Crippen LogP) is 4.77. The lowest BCUT2D eigenvalue weighted by atomic mass is 9.87. The minimum atomic E-state index is 0.322. The third kappa shape index (κ3) is 6.20. The Morgan fingerprint density at radius 3 is 2.61 bits per heavy atom. The van der Waals surface area contributed by atoms with Gasteiger partial charge in [0.1, 0.15) is 0 Å². The van der Waals surface area contributed by atoms with Crippen LogP contribution in [0.15, 0.2) is 24.3 Å². The second-order valence-corrected chi connectivity index (χ2v) is 6.00. The normalized spacial score (nSPS) is 11.8. The lowest BCUT2D eigenvalue weighted by molar-refractivity contribution is 0.0647. The summed E-state index contributed by atoms with van der Waals surface area (Å²) in [5, 5.41) is 0. The van der Waals surface area contributed by atoms with Crippen molar-refractivity contribution in [1.82, 2.24) is 0 Å². The van der Waals surface area contributed by atoms with E-state index in [0.717, 1.165) is 13.2 Å². The molecule has 0 N–H and O–H groups in total. The molecule has 0 atom stereocenters. The van der Waals surface area contributed by atoms with Gasteiger partial charge < -0.3 is 4.74 Å². The zero-order valence-corrected chi connectivity index (χ0v) is 12.5. The van der Waals surface area contributed by atoms with E-state index in [9.17, 15) is 0 Å². The molecule has 1 aromatic rings. The van der Waals surface area contributed by atoms with Crippen molar-refractivity contribution in [2.75, 3.05) is 13.2 Å². The molecule has 0 saturated heterocycles. The van der Waals surface area contributed by atoms with E-state index in [2.05, 4.69) is 52.0 Å². The Morgan fingerprint density at radius 1 is 1.17 bits per heavy atom. The van der Waals surface area contributed by atoms with Gasteiger partial charge in [0.05, 0.1) is 6.61 Å². The summed E-state index contributed by atoms with van der Waals surface area (Å²) >= 11 is 0. The van der Waals surface area contributed by atoms with E-state index in [4.69, 9.17) is 4.74 Å².